The van der Waals surface area contributed by atoms with Crippen LogP contribution in [0.3, 0.4) is 0 Å². The quantitative estimate of drug-likeness (QED) is 0.321. The van der Waals surface area contributed by atoms with Crippen molar-refractivity contribution in [3.63, 3.8) is 0 Å². The van der Waals surface area contributed by atoms with Gasteiger partial charge in [0.15, 0.2) is 0 Å². The van der Waals surface area contributed by atoms with Crippen LogP contribution in [0.1, 0.15) is 76.2 Å². The van der Waals surface area contributed by atoms with Crippen LogP contribution >= 0.6 is 0 Å². The van der Waals surface area contributed by atoms with Gasteiger partial charge in [-0.1, -0.05) is 63.7 Å². The summed E-state index contributed by atoms with van der Waals surface area (Å²) >= 11 is 0. The molecule has 0 N–H and O–H groups in total. The fraction of sp³-hybridized carbons (Fsp3) is 0.636. The first-order valence-electron chi connectivity index (χ1n) is 9.89. The topological polar surface area (TPSA) is 9.23 Å². The summed E-state index contributed by atoms with van der Waals surface area (Å²) in [7, 11) is 0. The van der Waals surface area contributed by atoms with E-state index in [1.54, 1.807) is 12.1 Å². The van der Waals surface area contributed by atoms with Crippen molar-refractivity contribution in [2.24, 2.45) is 11.8 Å². The Labute approximate surface area is 155 Å². The van der Waals surface area contributed by atoms with Crippen molar-refractivity contribution in [2.75, 3.05) is 0 Å². The third-order valence-corrected chi connectivity index (χ3v) is 5.64. The maximum Gasteiger partial charge on any atom is 0.573 e. The fourth-order valence-electron chi connectivity index (χ4n) is 4.26. The molecule has 1 aliphatic rings. The molecule has 1 fully saturated rings. The van der Waals surface area contributed by atoms with Crippen molar-refractivity contribution in [3.05, 3.63) is 42.5 Å². The molecule has 1 atom stereocenters. The lowest BCUT2D eigenvalue weighted by atomic mass is 9.71. The van der Waals surface area contributed by atoms with E-state index in [2.05, 4.69) is 18.2 Å². The molecule has 26 heavy (non-hydrogen) atoms. The lowest BCUT2D eigenvalue weighted by molar-refractivity contribution is -0.274. The Bertz CT molecular complexity index is 527. The molecule has 2 rings (SSSR count). The number of alkyl halides is 3. The zero-order valence-electron chi connectivity index (χ0n) is 15.7. The maximum atomic E-state index is 12.3. The Morgan fingerprint density at radius 1 is 1.12 bits per heavy atom. The molecule has 0 spiro atoms. The van der Waals surface area contributed by atoms with E-state index in [4.69, 9.17) is 0 Å². The van der Waals surface area contributed by atoms with Crippen molar-refractivity contribution in [3.8, 4) is 5.75 Å². The second-order valence-corrected chi connectivity index (χ2v) is 7.52. The minimum atomic E-state index is -4.64. The number of halogens is 3. The minimum absolute atomic E-state index is 0.154. The van der Waals surface area contributed by atoms with Crippen LogP contribution < -0.4 is 4.74 Å². The second kappa shape index (κ2) is 10.0. The van der Waals surface area contributed by atoms with Crippen molar-refractivity contribution in [1.82, 2.24) is 0 Å². The number of allylic oxidation sites excluding steroid dienone is 1. The smallest absolute Gasteiger partial charge is 0.406 e. The third kappa shape index (κ3) is 6.69. The number of benzene rings is 1. The van der Waals surface area contributed by atoms with Gasteiger partial charge in [-0.2, -0.15) is 0 Å². The van der Waals surface area contributed by atoms with Gasteiger partial charge in [0, 0.05) is 0 Å². The van der Waals surface area contributed by atoms with E-state index in [1.807, 2.05) is 6.08 Å². The Hall–Kier alpha value is -1.45. The average molecular weight is 368 g/mol. The summed E-state index contributed by atoms with van der Waals surface area (Å²) < 4.78 is 41.0. The van der Waals surface area contributed by atoms with Crippen LogP contribution in [0.15, 0.2) is 36.9 Å². The van der Waals surface area contributed by atoms with Gasteiger partial charge in [-0.15, -0.1) is 19.8 Å². The van der Waals surface area contributed by atoms with Gasteiger partial charge in [-0.25, -0.2) is 0 Å². The largest absolute Gasteiger partial charge is 0.573 e. The molecule has 1 aromatic rings. The SMILES string of the molecule is C=CCC(c1ccc(OC(F)(F)F)cc1)[C@H]1CC[C@H](CCCCC)CC1. The molecule has 1 aliphatic carbocycles. The van der Waals surface area contributed by atoms with Crippen LogP contribution in [0.5, 0.6) is 5.75 Å². The van der Waals surface area contributed by atoms with E-state index in [1.165, 1.54) is 63.5 Å². The van der Waals surface area contributed by atoms with E-state index < -0.39 is 6.36 Å². The number of ether oxygens (including phenoxy) is 1. The highest BCUT2D eigenvalue weighted by Gasteiger charge is 2.31. The molecule has 0 radical (unpaired) electrons. The van der Waals surface area contributed by atoms with Crippen LogP contribution in [-0.2, 0) is 0 Å². The summed E-state index contributed by atoms with van der Waals surface area (Å²) in [5, 5.41) is 0. The molecule has 0 aliphatic heterocycles. The lowest BCUT2D eigenvalue weighted by Gasteiger charge is -2.34. The molecule has 1 aromatic carbocycles. The summed E-state index contributed by atoms with van der Waals surface area (Å²) in [4.78, 5) is 0. The van der Waals surface area contributed by atoms with Crippen LogP contribution in [0, 0.1) is 11.8 Å². The first kappa shape index (κ1) is 20.9. The van der Waals surface area contributed by atoms with Gasteiger partial charge in [-0.3, -0.25) is 0 Å². The third-order valence-electron chi connectivity index (χ3n) is 5.64. The molecule has 0 aromatic heterocycles. The van der Waals surface area contributed by atoms with E-state index in [9.17, 15) is 13.2 Å². The van der Waals surface area contributed by atoms with Gasteiger partial charge < -0.3 is 4.74 Å². The minimum Gasteiger partial charge on any atom is -0.406 e. The Balaban J connectivity index is 1.95. The van der Waals surface area contributed by atoms with E-state index in [0.29, 0.717) is 11.8 Å². The van der Waals surface area contributed by atoms with E-state index in [-0.39, 0.29) is 5.75 Å². The number of hydrogen-bond acceptors (Lipinski definition) is 1. The standard InChI is InChI=1S/C22H31F3O/c1-3-5-6-8-17-9-11-18(12-10-17)21(7-4-2)19-13-15-20(16-14-19)26-22(23,24)25/h4,13-18,21H,2-3,5-12H2,1H3/t17-,18-,21?. The fourth-order valence-corrected chi connectivity index (χ4v) is 4.26. The number of hydrogen-bond donors (Lipinski definition) is 0. The van der Waals surface area contributed by atoms with Crippen molar-refractivity contribution in [2.45, 2.75) is 77.0 Å². The van der Waals surface area contributed by atoms with Crippen LogP contribution in [0.25, 0.3) is 0 Å². The second-order valence-electron chi connectivity index (χ2n) is 7.52. The monoisotopic (exact) mass is 368 g/mol. The highest BCUT2D eigenvalue weighted by molar-refractivity contribution is 5.30. The zero-order chi connectivity index (χ0) is 19.0. The van der Waals surface area contributed by atoms with Crippen molar-refractivity contribution < 1.29 is 17.9 Å². The summed E-state index contributed by atoms with van der Waals surface area (Å²) in [6, 6.07) is 6.41. The van der Waals surface area contributed by atoms with Crippen molar-refractivity contribution in [1.29, 1.82) is 0 Å². The number of rotatable bonds is 9. The summed E-state index contributed by atoms with van der Waals surface area (Å²) in [6.45, 7) is 6.12. The van der Waals surface area contributed by atoms with Gasteiger partial charge in [-0.05, 0) is 54.7 Å². The predicted molar refractivity (Wildman–Crippen MR) is 100 cm³/mol. The Morgan fingerprint density at radius 2 is 1.77 bits per heavy atom. The molecule has 0 bridgehead atoms. The average Bonchev–Trinajstić information content (AvgIpc) is 2.60. The molecule has 1 nitrogen and oxygen atoms in total. The molecule has 146 valence electrons. The van der Waals surface area contributed by atoms with Crippen LogP contribution in [0.4, 0.5) is 13.2 Å². The van der Waals surface area contributed by atoms with Crippen molar-refractivity contribution >= 4 is 0 Å². The van der Waals surface area contributed by atoms with Gasteiger partial charge in [0.2, 0.25) is 0 Å². The van der Waals surface area contributed by atoms with E-state index >= 15 is 0 Å². The van der Waals surface area contributed by atoms with E-state index in [0.717, 1.165) is 17.9 Å². The first-order chi connectivity index (χ1) is 12.4. The van der Waals surface area contributed by atoms with Gasteiger partial charge in [0.1, 0.15) is 5.75 Å². The molecule has 4 heteroatoms. The predicted octanol–water partition coefficient (Wildman–Crippen LogP) is 7.63. The number of unbranched alkanes of at least 4 members (excludes halogenated alkanes) is 2. The summed E-state index contributed by atoms with van der Waals surface area (Å²) in [5.41, 5.74) is 1.09. The highest BCUT2D eigenvalue weighted by Crippen LogP contribution is 2.42. The lowest BCUT2D eigenvalue weighted by Crippen LogP contribution is -2.21. The first-order valence-corrected chi connectivity index (χ1v) is 9.89. The summed E-state index contributed by atoms with van der Waals surface area (Å²) in [6.07, 6.45) is 8.39. The zero-order valence-corrected chi connectivity index (χ0v) is 15.7. The molecule has 0 saturated heterocycles. The van der Waals surface area contributed by atoms with Gasteiger partial charge in [0.05, 0.1) is 0 Å². The summed E-state index contributed by atoms with van der Waals surface area (Å²) in [5.74, 6) is 1.62. The normalized spacial score (nSPS) is 22.0. The Morgan fingerprint density at radius 3 is 2.31 bits per heavy atom. The van der Waals surface area contributed by atoms with Gasteiger partial charge >= 0.3 is 6.36 Å². The van der Waals surface area contributed by atoms with Crippen LogP contribution in [-0.4, -0.2) is 6.36 Å². The Kier molecular flexibility index (Phi) is 8.05. The maximum absolute atomic E-state index is 12.3. The highest BCUT2D eigenvalue weighted by atomic mass is 19.4. The molecule has 1 saturated carbocycles. The van der Waals surface area contributed by atoms with Gasteiger partial charge in [0.25, 0.3) is 0 Å². The molecule has 0 heterocycles. The molecule has 1 unspecified atom stereocenters. The molecule has 0 amide bonds. The molecular weight excluding hydrogens is 337 g/mol. The molecular formula is C22H31F3O. The van der Waals surface area contributed by atoms with Crippen LogP contribution in [0.2, 0.25) is 0 Å².